The minimum absolute atomic E-state index is 0.233. The first-order valence-corrected chi connectivity index (χ1v) is 9.68. The summed E-state index contributed by atoms with van der Waals surface area (Å²) in [5, 5.41) is 13.8. The highest BCUT2D eigenvalue weighted by Crippen LogP contribution is 2.25. The number of carboxylic acids is 1. The summed E-state index contributed by atoms with van der Waals surface area (Å²) in [6.07, 6.45) is 3.68. The third-order valence-corrected chi connectivity index (χ3v) is 4.88. The van der Waals surface area contributed by atoms with Crippen LogP contribution in [0.25, 0.3) is 16.9 Å². The summed E-state index contributed by atoms with van der Waals surface area (Å²) in [5.41, 5.74) is 4.51. The highest BCUT2D eigenvalue weighted by Gasteiger charge is 2.11. The second-order valence-corrected chi connectivity index (χ2v) is 7.25. The third kappa shape index (κ3) is 4.33. The van der Waals surface area contributed by atoms with Crippen molar-refractivity contribution in [3.05, 3.63) is 101 Å². The molecule has 0 aliphatic rings. The van der Waals surface area contributed by atoms with E-state index >= 15 is 0 Å². The molecule has 4 rings (SSSR count). The second kappa shape index (κ2) is 8.24. The number of aliphatic imine (C=N–C) groups is 1. The van der Waals surface area contributed by atoms with E-state index in [1.807, 2.05) is 65.5 Å². The molecule has 0 saturated carbocycles. The first-order chi connectivity index (χ1) is 14.1. The highest BCUT2D eigenvalue weighted by molar-refractivity contribution is 9.10. The fourth-order valence-electron chi connectivity index (χ4n) is 2.86. The lowest BCUT2D eigenvalue weighted by Crippen LogP contribution is -1.94. The van der Waals surface area contributed by atoms with Gasteiger partial charge in [0.1, 0.15) is 5.69 Å². The number of hydrogen-bond donors (Lipinski definition) is 1. The van der Waals surface area contributed by atoms with Gasteiger partial charge in [-0.1, -0.05) is 46.3 Å². The summed E-state index contributed by atoms with van der Waals surface area (Å²) in [5.74, 6) is -0.956. The maximum Gasteiger partial charge on any atom is 0.335 e. The van der Waals surface area contributed by atoms with Crippen molar-refractivity contribution in [2.45, 2.75) is 0 Å². The van der Waals surface area contributed by atoms with Crippen LogP contribution in [-0.2, 0) is 0 Å². The van der Waals surface area contributed by atoms with Crippen molar-refractivity contribution in [1.82, 2.24) is 9.78 Å². The van der Waals surface area contributed by atoms with Crippen LogP contribution in [0.15, 0.2) is 94.5 Å². The predicted molar refractivity (Wildman–Crippen MR) is 117 cm³/mol. The van der Waals surface area contributed by atoms with Crippen molar-refractivity contribution >= 4 is 33.8 Å². The van der Waals surface area contributed by atoms with Crippen LogP contribution >= 0.6 is 15.9 Å². The Balaban J connectivity index is 1.73. The van der Waals surface area contributed by atoms with Gasteiger partial charge in [0.05, 0.1) is 16.9 Å². The molecule has 1 aromatic heterocycles. The molecule has 142 valence electrons. The van der Waals surface area contributed by atoms with E-state index in [4.69, 9.17) is 10.2 Å². The SMILES string of the molecule is O=C(O)c1ccc(N=Cc2cn(-c3ccccc3)nc2-c2ccc(Br)cc2)cc1. The van der Waals surface area contributed by atoms with E-state index in [2.05, 4.69) is 20.9 Å². The number of carboxylic acid groups (broad SMARTS) is 1. The number of rotatable bonds is 5. The molecule has 0 atom stereocenters. The molecule has 0 radical (unpaired) electrons. The summed E-state index contributed by atoms with van der Waals surface area (Å²) >= 11 is 3.46. The van der Waals surface area contributed by atoms with Gasteiger partial charge < -0.3 is 5.11 Å². The summed E-state index contributed by atoms with van der Waals surface area (Å²) < 4.78 is 2.82. The smallest absolute Gasteiger partial charge is 0.335 e. The summed E-state index contributed by atoms with van der Waals surface area (Å²) in [7, 11) is 0. The Labute approximate surface area is 176 Å². The number of aromatic nitrogens is 2. The Kier molecular flexibility index (Phi) is 5.35. The lowest BCUT2D eigenvalue weighted by atomic mass is 10.1. The molecule has 5 nitrogen and oxygen atoms in total. The van der Waals surface area contributed by atoms with Gasteiger partial charge in [-0.2, -0.15) is 5.10 Å². The first-order valence-electron chi connectivity index (χ1n) is 8.88. The number of para-hydroxylation sites is 1. The molecule has 0 spiro atoms. The van der Waals surface area contributed by atoms with Crippen LogP contribution in [0.1, 0.15) is 15.9 Å². The van der Waals surface area contributed by atoms with Crippen LogP contribution in [0.2, 0.25) is 0 Å². The quantitative estimate of drug-likeness (QED) is 0.397. The molecule has 0 aliphatic carbocycles. The number of benzene rings is 3. The molecule has 0 fully saturated rings. The molecule has 0 unspecified atom stereocenters. The van der Waals surface area contributed by atoms with Gasteiger partial charge in [-0.25, -0.2) is 9.48 Å². The van der Waals surface area contributed by atoms with Gasteiger partial charge in [-0.3, -0.25) is 4.99 Å². The van der Waals surface area contributed by atoms with Crippen LogP contribution < -0.4 is 0 Å². The molecular formula is C23H16BrN3O2. The third-order valence-electron chi connectivity index (χ3n) is 4.35. The van der Waals surface area contributed by atoms with E-state index in [0.29, 0.717) is 5.69 Å². The lowest BCUT2D eigenvalue weighted by Gasteiger charge is -2.01. The number of aromatic carboxylic acids is 1. The van der Waals surface area contributed by atoms with Crippen molar-refractivity contribution in [2.24, 2.45) is 4.99 Å². The van der Waals surface area contributed by atoms with Crippen LogP contribution in [0.3, 0.4) is 0 Å². The van der Waals surface area contributed by atoms with Crippen molar-refractivity contribution in [1.29, 1.82) is 0 Å². The van der Waals surface area contributed by atoms with Gasteiger partial charge in [-0.05, 0) is 48.5 Å². The molecular weight excluding hydrogens is 430 g/mol. The fourth-order valence-corrected chi connectivity index (χ4v) is 3.13. The first kappa shape index (κ1) is 18.8. The highest BCUT2D eigenvalue weighted by atomic mass is 79.9. The molecule has 0 amide bonds. The van der Waals surface area contributed by atoms with E-state index < -0.39 is 5.97 Å². The largest absolute Gasteiger partial charge is 0.478 e. The Morgan fingerprint density at radius 2 is 1.66 bits per heavy atom. The van der Waals surface area contributed by atoms with Gasteiger partial charge in [-0.15, -0.1) is 0 Å². The molecule has 0 bridgehead atoms. The molecule has 29 heavy (non-hydrogen) atoms. The maximum atomic E-state index is 11.0. The monoisotopic (exact) mass is 445 g/mol. The zero-order valence-electron chi connectivity index (χ0n) is 15.2. The molecule has 1 heterocycles. The summed E-state index contributed by atoms with van der Waals surface area (Å²) in [4.78, 5) is 15.5. The average molecular weight is 446 g/mol. The van der Waals surface area contributed by atoms with Crippen molar-refractivity contribution in [3.63, 3.8) is 0 Å². The zero-order valence-corrected chi connectivity index (χ0v) is 16.8. The lowest BCUT2D eigenvalue weighted by molar-refractivity contribution is 0.0697. The summed E-state index contributed by atoms with van der Waals surface area (Å²) in [6.45, 7) is 0. The van der Waals surface area contributed by atoms with E-state index in [1.165, 1.54) is 12.1 Å². The van der Waals surface area contributed by atoms with Crippen molar-refractivity contribution in [3.8, 4) is 16.9 Å². The Morgan fingerprint density at radius 3 is 2.31 bits per heavy atom. The van der Waals surface area contributed by atoms with E-state index in [1.54, 1.807) is 18.3 Å². The minimum Gasteiger partial charge on any atom is -0.478 e. The average Bonchev–Trinajstić information content (AvgIpc) is 3.18. The van der Waals surface area contributed by atoms with E-state index in [9.17, 15) is 4.79 Å². The van der Waals surface area contributed by atoms with Gasteiger partial charge in [0.15, 0.2) is 0 Å². The number of halogens is 1. The second-order valence-electron chi connectivity index (χ2n) is 6.33. The van der Waals surface area contributed by atoms with Gasteiger partial charge in [0.25, 0.3) is 0 Å². The molecule has 1 N–H and O–H groups in total. The van der Waals surface area contributed by atoms with Gasteiger partial charge in [0, 0.05) is 28.0 Å². The van der Waals surface area contributed by atoms with Crippen molar-refractivity contribution in [2.75, 3.05) is 0 Å². The minimum atomic E-state index is -0.956. The number of nitrogens with zero attached hydrogens (tertiary/aromatic N) is 3. The number of hydrogen-bond acceptors (Lipinski definition) is 3. The molecule has 6 heteroatoms. The summed E-state index contributed by atoms with van der Waals surface area (Å²) in [6, 6.07) is 24.3. The maximum absolute atomic E-state index is 11.0. The van der Waals surface area contributed by atoms with E-state index in [0.717, 1.165) is 27.0 Å². The molecule has 0 saturated heterocycles. The number of carbonyl (C=O) groups is 1. The fraction of sp³-hybridized carbons (Fsp3) is 0. The van der Waals surface area contributed by atoms with Crippen LogP contribution in [0.5, 0.6) is 0 Å². The van der Waals surface area contributed by atoms with Crippen LogP contribution in [0.4, 0.5) is 5.69 Å². The standard InChI is InChI=1S/C23H16BrN3O2/c24-19-10-6-16(7-11-19)22-18(15-27(26-22)21-4-2-1-3-5-21)14-25-20-12-8-17(9-13-20)23(28)29/h1-15H,(H,28,29). The van der Waals surface area contributed by atoms with Crippen LogP contribution in [-0.4, -0.2) is 27.1 Å². The topological polar surface area (TPSA) is 67.5 Å². The molecule has 0 aliphatic heterocycles. The Hall–Kier alpha value is -3.51. The Bertz CT molecular complexity index is 1170. The predicted octanol–water partition coefficient (Wildman–Crippen LogP) is 5.75. The molecule has 3 aromatic carbocycles. The van der Waals surface area contributed by atoms with Crippen molar-refractivity contribution < 1.29 is 9.90 Å². The van der Waals surface area contributed by atoms with Gasteiger partial charge in [0.2, 0.25) is 0 Å². The molecule has 4 aromatic rings. The Morgan fingerprint density at radius 1 is 0.966 bits per heavy atom. The zero-order chi connectivity index (χ0) is 20.2. The van der Waals surface area contributed by atoms with Crippen LogP contribution in [0, 0.1) is 0 Å². The van der Waals surface area contributed by atoms with Gasteiger partial charge >= 0.3 is 5.97 Å². The normalized spacial score (nSPS) is 11.1. The van der Waals surface area contributed by atoms with E-state index in [-0.39, 0.29) is 5.56 Å².